The number of nitrogens with zero attached hydrogens (tertiary/aromatic N) is 1. The molecular formula is C30H33Cl2N3O2. The summed E-state index contributed by atoms with van der Waals surface area (Å²) >= 11 is 12.1. The first-order valence-corrected chi connectivity index (χ1v) is 13.5. The van der Waals surface area contributed by atoms with Crippen molar-refractivity contribution in [3.8, 4) is 0 Å². The molecule has 1 aliphatic heterocycles. The molecule has 0 aromatic heterocycles. The van der Waals surface area contributed by atoms with E-state index in [2.05, 4.69) is 59.7 Å². The highest BCUT2D eigenvalue weighted by Gasteiger charge is 2.24. The third-order valence-electron chi connectivity index (χ3n) is 6.67. The van der Waals surface area contributed by atoms with Crippen molar-refractivity contribution < 1.29 is 9.59 Å². The maximum atomic E-state index is 13.2. The lowest BCUT2D eigenvalue weighted by Gasteiger charge is -2.35. The zero-order valence-corrected chi connectivity index (χ0v) is 22.8. The van der Waals surface area contributed by atoms with Gasteiger partial charge in [0, 0.05) is 36.6 Å². The van der Waals surface area contributed by atoms with Gasteiger partial charge in [-0.15, -0.1) is 0 Å². The summed E-state index contributed by atoms with van der Waals surface area (Å²) in [5, 5.41) is 6.63. The average Bonchev–Trinajstić information content (AvgIpc) is 2.90. The van der Waals surface area contributed by atoms with Crippen LogP contribution in [0.1, 0.15) is 53.0 Å². The van der Waals surface area contributed by atoms with Crippen molar-refractivity contribution in [2.45, 2.75) is 33.1 Å². The smallest absolute Gasteiger partial charge is 0.255 e. The maximum absolute atomic E-state index is 13.2. The van der Waals surface area contributed by atoms with Gasteiger partial charge < -0.3 is 15.5 Å². The zero-order chi connectivity index (χ0) is 26.4. The van der Waals surface area contributed by atoms with E-state index in [1.807, 2.05) is 12.1 Å². The number of carbonyl (C=O) groups is 2. The second kappa shape index (κ2) is 12.5. The normalized spacial score (nSPS) is 14.0. The van der Waals surface area contributed by atoms with E-state index in [-0.39, 0.29) is 11.8 Å². The lowest BCUT2D eigenvalue weighted by Crippen LogP contribution is -2.36. The minimum atomic E-state index is -0.318. The van der Waals surface area contributed by atoms with Gasteiger partial charge in [-0.2, -0.15) is 0 Å². The molecule has 1 aliphatic rings. The van der Waals surface area contributed by atoms with Crippen LogP contribution in [0.2, 0.25) is 10.0 Å². The highest BCUT2D eigenvalue weighted by atomic mass is 35.5. The SMILES string of the molecule is CC(C)CNC(=O)c1cc(NC(=O)c2ccc(Cl)c(Cl)c2)ccc1N1CCC(Cc2ccccc2)CC1. The molecule has 1 heterocycles. The van der Waals surface area contributed by atoms with Crippen molar-refractivity contribution in [3.05, 3.63) is 93.5 Å². The van der Waals surface area contributed by atoms with Crippen LogP contribution in [0.4, 0.5) is 11.4 Å². The van der Waals surface area contributed by atoms with Gasteiger partial charge in [0.2, 0.25) is 0 Å². The third kappa shape index (κ3) is 7.27. The molecule has 3 aromatic carbocycles. The number of amides is 2. The van der Waals surface area contributed by atoms with Gasteiger partial charge >= 0.3 is 0 Å². The molecule has 37 heavy (non-hydrogen) atoms. The van der Waals surface area contributed by atoms with E-state index in [9.17, 15) is 9.59 Å². The van der Waals surface area contributed by atoms with Crippen LogP contribution in [0.5, 0.6) is 0 Å². The Bertz CT molecular complexity index is 1240. The summed E-state index contributed by atoms with van der Waals surface area (Å²) in [5.74, 6) is 0.502. The van der Waals surface area contributed by atoms with E-state index in [1.54, 1.807) is 18.2 Å². The summed E-state index contributed by atoms with van der Waals surface area (Å²) in [7, 11) is 0. The molecule has 0 saturated carbocycles. The number of anilines is 2. The first-order valence-electron chi connectivity index (χ1n) is 12.8. The van der Waals surface area contributed by atoms with E-state index in [0.29, 0.717) is 45.2 Å². The Labute approximate surface area is 229 Å². The Morgan fingerprint density at radius 1 is 0.919 bits per heavy atom. The standard InChI is InChI=1S/C30H33Cl2N3O2/c1-20(2)19-33-30(37)25-18-24(34-29(36)23-8-10-26(31)27(32)17-23)9-11-28(25)35-14-12-22(13-15-35)16-21-6-4-3-5-7-21/h3-11,17-18,20,22H,12-16,19H2,1-2H3,(H,33,37)(H,34,36). The van der Waals surface area contributed by atoms with E-state index < -0.39 is 0 Å². The Balaban J connectivity index is 1.50. The minimum Gasteiger partial charge on any atom is -0.371 e. The number of nitrogens with one attached hydrogen (secondary N) is 2. The molecule has 0 aliphatic carbocycles. The van der Waals surface area contributed by atoms with Crippen LogP contribution in [-0.4, -0.2) is 31.4 Å². The lowest BCUT2D eigenvalue weighted by molar-refractivity contribution is 0.0948. The number of hydrogen-bond acceptors (Lipinski definition) is 3. The average molecular weight is 539 g/mol. The van der Waals surface area contributed by atoms with Crippen LogP contribution in [-0.2, 0) is 6.42 Å². The van der Waals surface area contributed by atoms with Crippen molar-refractivity contribution in [3.63, 3.8) is 0 Å². The fraction of sp³-hybridized carbons (Fsp3) is 0.333. The molecule has 2 N–H and O–H groups in total. The van der Waals surface area contributed by atoms with Crippen LogP contribution in [0.3, 0.4) is 0 Å². The lowest BCUT2D eigenvalue weighted by atomic mass is 9.89. The summed E-state index contributed by atoms with van der Waals surface area (Å²) < 4.78 is 0. The highest BCUT2D eigenvalue weighted by Crippen LogP contribution is 2.31. The Kier molecular flexibility index (Phi) is 9.12. The number of carbonyl (C=O) groups excluding carboxylic acids is 2. The van der Waals surface area contributed by atoms with Crippen LogP contribution < -0.4 is 15.5 Å². The second-order valence-electron chi connectivity index (χ2n) is 10.0. The number of rotatable bonds is 8. The minimum absolute atomic E-state index is 0.138. The van der Waals surface area contributed by atoms with Gasteiger partial charge in [0.25, 0.3) is 11.8 Å². The van der Waals surface area contributed by atoms with Crippen LogP contribution >= 0.6 is 23.2 Å². The first kappa shape index (κ1) is 27.0. The van der Waals surface area contributed by atoms with Crippen molar-refractivity contribution in [1.29, 1.82) is 0 Å². The van der Waals surface area contributed by atoms with Gasteiger partial charge in [0.15, 0.2) is 0 Å². The molecular weight excluding hydrogens is 505 g/mol. The molecule has 194 valence electrons. The predicted octanol–water partition coefficient (Wildman–Crippen LogP) is 7.09. The number of benzene rings is 3. The summed E-state index contributed by atoms with van der Waals surface area (Å²) in [6, 6.07) is 20.9. The van der Waals surface area contributed by atoms with Crippen molar-refractivity contribution >= 4 is 46.4 Å². The molecule has 7 heteroatoms. The fourth-order valence-electron chi connectivity index (χ4n) is 4.63. The zero-order valence-electron chi connectivity index (χ0n) is 21.3. The number of halogens is 2. The molecule has 5 nitrogen and oxygen atoms in total. The summed E-state index contributed by atoms with van der Waals surface area (Å²) in [6.07, 6.45) is 3.21. The molecule has 0 spiro atoms. The Hall–Kier alpha value is -3.02. The summed E-state index contributed by atoms with van der Waals surface area (Å²) in [6.45, 7) is 6.48. The third-order valence-corrected chi connectivity index (χ3v) is 7.41. The Morgan fingerprint density at radius 3 is 2.32 bits per heavy atom. The molecule has 1 saturated heterocycles. The molecule has 3 aromatic rings. The number of piperidine rings is 1. The van der Waals surface area contributed by atoms with Crippen molar-refractivity contribution in [1.82, 2.24) is 5.32 Å². The van der Waals surface area contributed by atoms with Gasteiger partial charge in [0.05, 0.1) is 15.6 Å². The van der Waals surface area contributed by atoms with Gasteiger partial charge in [-0.1, -0.05) is 67.4 Å². The van der Waals surface area contributed by atoms with E-state index in [1.165, 1.54) is 11.6 Å². The highest BCUT2D eigenvalue weighted by molar-refractivity contribution is 6.42. The van der Waals surface area contributed by atoms with Crippen LogP contribution in [0.15, 0.2) is 66.7 Å². The van der Waals surface area contributed by atoms with Gasteiger partial charge in [-0.3, -0.25) is 9.59 Å². The van der Waals surface area contributed by atoms with E-state index >= 15 is 0 Å². The maximum Gasteiger partial charge on any atom is 0.255 e. The van der Waals surface area contributed by atoms with Crippen molar-refractivity contribution in [2.24, 2.45) is 11.8 Å². The van der Waals surface area contributed by atoms with Crippen molar-refractivity contribution in [2.75, 3.05) is 29.9 Å². The van der Waals surface area contributed by atoms with E-state index in [4.69, 9.17) is 23.2 Å². The first-order chi connectivity index (χ1) is 17.8. The van der Waals surface area contributed by atoms with Gasteiger partial charge in [-0.25, -0.2) is 0 Å². The molecule has 4 rings (SSSR count). The fourth-order valence-corrected chi connectivity index (χ4v) is 4.93. The van der Waals surface area contributed by atoms with Crippen LogP contribution in [0, 0.1) is 11.8 Å². The molecule has 0 bridgehead atoms. The van der Waals surface area contributed by atoms with E-state index in [0.717, 1.165) is 38.0 Å². The molecule has 1 fully saturated rings. The molecule has 0 radical (unpaired) electrons. The molecule has 0 atom stereocenters. The summed E-state index contributed by atoms with van der Waals surface area (Å²) in [5.41, 5.74) is 3.77. The molecule has 0 unspecified atom stereocenters. The number of hydrogen-bond donors (Lipinski definition) is 2. The monoisotopic (exact) mass is 537 g/mol. The van der Waals surface area contributed by atoms with Gasteiger partial charge in [0.1, 0.15) is 0 Å². The topological polar surface area (TPSA) is 61.4 Å². The quantitative estimate of drug-likeness (QED) is 0.322. The largest absolute Gasteiger partial charge is 0.371 e. The summed E-state index contributed by atoms with van der Waals surface area (Å²) in [4.78, 5) is 28.3. The molecule has 2 amide bonds. The predicted molar refractivity (Wildman–Crippen MR) is 153 cm³/mol. The van der Waals surface area contributed by atoms with Gasteiger partial charge in [-0.05, 0) is 73.1 Å². The van der Waals surface area contributed by atoms with Crippen LogP contribution in [0.25, 0.3) is 0 Å². The second-order valence-corrected chi connectivity index (χ2v) is 10.9. The Morgan fingerprint density at radius 2 is 1.65 bits per heavy atom.